The molecular weight excluding hydrogens is 136 g/mol. The van der Waals surface area contributed by atoms with Gasteiger partial charge in [0.05, 0.1) is 0 Å². The summed E-state index contributed by atoms with van der Waals surface area (Å²) in [5.41, 5.74) is 3.65. The number of nitrogens with one attached hydrogen (secondary N) is 1. The van der Waals surface area contributed by atoms with Crippen molar-refractivity contribution in [3.05, 3.63) is 29.2 Å². The quantitative estimate of drug-likeness (QED) is 0.623. The lowest BCUT2D eigenvalue weighted by atomic mass is 10.2. The standard InChI is InChI=1S/C9H12N2/c1-7-6-11-9(8(7)2)4-5-10-3/h4-6,11H,3H2,1-2H3/b5-4-. The fraction of sp³-hybridized carbons (Fsp3) is 0.222. The highest BCUT2D eigenvalue weighted by molar-refractivity contribution is 5.52. The molecule has 2 heteroatoms. The number of H-pyrrole nitrogens is 1. The molecule has 0 aliphatic rings. The van der Waals surface area contributed by atoms with Crippen LogP contribution in [0.15, 0.2) is 17.4 Å². The Kier molecular flexibility index (Phi) is 2.26. The predicted molar refractivity (Wildman–Crippen MR) is 48.8 cm³/mol. The number of hydrogen-bond acceptors (Lipinski definition) is 1. The average molecular weight is 148 g/mol. The number of aryl methyl sites for hydroxylation is 1. The molecule has 1 aromatic rings. The van der Waals surface area contributed by atoms with Gasteiger partial charge in [0.25, 0.3) is 0 Å². The van der Waals surface area contributed by atoms with Gasteiger partial charge in [0.2, 0.25) is 0 Å². The zero-order valence-electron chi connectivity index (χ0n) is 6.89. The Bertz CT molecular complexity index is 282. The van der Waals surface area contributed by atoms with E-state index in [-0.39, 0.29) is 0 Å². The van der Waals surface area contributed by atoms with Gasteiger partial charge in [-0.1, -0.05) is 0 Å². The number of rotatable bonds is 2. The summed E-state index contributed by atoms with van der Waals surface area (Å²) < 4.78 is 0. The summed E-state index contributed by atoms with van der Waals surface area (Å²) in [6.45, 7) is 7.51. The van der Waals surface area contributed by atoms with Crippen LogP contribution < -0.4 is 0 Å². The van der Waals surface area contributed by atoms with Gasteiger partial charge >= 0.3 is 0 Å². The number of nitrogens with zero attached hydrogens (tertiary/aromatic N) is 1. The number of aromatic amines is 1. The van der Waals surface area contributed by atoms with Crippen molar-refractivity contribution >= 4 is 12.8 Å². The van der Waals surface area contributed by atoms with Crippen molar-refractivity contribution in [2.45, 2.75) is 13.8 Å². The van der Waals surface area contributed by atoms with Crippen molar-refractivity contribution in [2.24, 2.45) is 4.99 Å². The Morgan fingerprint density at radius 3 is 2.73 bits per heavy atom. The van der Waals surface area contributed by atoms with Crippen molar-refractivity contribution < 1.29 is 0 Å². The second kappa shape index (κ2) is 3.19. The van der Waals surface area contributed by atoms with Crippen LogP contribution in [0.25, 0.3) is 6.08 Å². The lowest BCUT2D eigenvalue weighted by molar-refractivity contribution is 1.34. The van der Waals surface area contributed by atoms with E-state index in [0.29, 0.717) is 0 Å². The van der Waals surface area contributed by atoms with Crippen LogP contribution in [0.3, 0.4) is 0 Å². The second-order valence-electron chi connectivity index (χ2n) is 2.51. The summed E-state index contributed by atoms with van der Waals surface area (Å²) in [6, 6.07) is 0. The number of aromatic nitrogens is 1. The van der Waals surface area contributed by atoms with Crippen molar-refractivity contribution in [3.63, 3.8) is 0 Å². The minimum absolute atomic E-state index is 1.11. The van der Waals surface area contributed by atoms with Crippen LogP contribution in [0.2, 0.25) is 0 Å². The fourth-order valence-electron chi connectivity index (χ4n) is 0.915. The van der Waals surface area contributed by atoms with Crippen LogP contribution in [-0.4, -0.2) is 11.7 Å². The minimum atomic E-state index is 1.11. The zero-order valence-corrected chi connectivity index (χ0v) is 6.89. The Morgan fingerprint density at radius 1 is 1.55 bits per heavy atom. The molecule has 1 N–H and O–H groups in total. The SMILES string of the molecule is C=N/C=C\c1[nH]cc(C)c1C. The van der Waals surface area contributed by atoms with E-state index in [2.05, 4.69) is 30.5 Å². The van der Waals surface area contributed by atoms with E-state index in [0.717, 1.165) is 5.69 Å². The Balaban J connectivity index is 2.95. The van der Waals surface area contributed by atoms with Gasteiger partial charge in [-0.3, -0.25) is 4.99 Å². The molecule has 0 aliphatic carbocycles. The zero-order chi connectivity index (χ0) is 8.27. The van der Waals surface area contributed by atoms with Crippen LogP contribution in [0, 0.1) is 13.8 Å². The largest absolute Gasteiger partial charge is 0.361 e. The van der Waals surface area contributed by atoms with E-state index in [1.165, 1.54) is 11.1 Å². The molecule has 0 radical (unpaired) electrons. The van der Waals surface area contributed by atoms with Crippen LogP contribution in [-0.2, 0) is 0 Å². The summed E-state index contributed by atoms with van der Waals surface area (Å²) in [4.78, 5) is 6.76. The molecule has 0 saturated heterocycles. The van der Waals surface area contributed by atoms with Gasteiger partial charge in [-0.15, -0.1) is 0 Å². The van der Waals surface area contributed by atoms with Gasteiger partial charge in [-0.2, -0.15) is 0 Å². The molecule has 1 heterocycles. The van der Waals surface area contributed by atoms with Crippen LogP contribution >= 0.6 is 0 Å². The van der Waals surface area contributed by atoms with Crippen molar-refractivity contribution in [1.82, 2.24) is 4.98 Å². The molecular formula is C9H12N2. The molecule has 58 valence electrons. The first-order valence-electron chi connectivity index (χ1n) is 3.52. The maximum Gasteiger partial charge on any atom is 0.0428 e. The van der Waals surface area contributed by atoms with Gasteiger partial charge in [0.15, 0.2) is 0 Å². The number of aliphatic imine (C=N–C) groups is 1. The predicted octanol–water partition coefficient (Wildman–Crippen LogP) is 2.30. The molecule has 1 aromatic heterocycles. The molecule has 0 unspecified atom stereocenters. The van der Waals surface area contributed by atoms with E-state index in [1.807, 2.05) is 12.3 Å². The molecule has 1 rings (SSSR count). The Hall–Kier alpha value is -1.31. The first kappa shape index (κ1) is 7.79. The highest BCUT2D eigenvalue weighted by atomic mass is 14.7. The summed E-state index contributed by atoms with van der Waals surface area (Å²) in [6.07, 6.45) is 5.58. The molecule has 0 aromatic carbocycles. The van der Waals surface area contributed by atoms with Gasteiger partial charge in [-0.05, 0) is 37.8 Å². The monoisotopic (exact) mass is 148 g/mol. The molecule has 0 spiro atoms. The minimum Gasteiger partial charge on any atom is -0.361 e. The molecule has 0 amide bonds. The highest BCUT2D eigenvalue weighted by Gasteiger charge is 1.97. The normalized spacial score (nSPS) is 10.7. The molecule has 0 saturated carbocycles. The molecule has 0 fully saturated rings. The average Bonchev–Trinajstić information content (AvgIpc) is 2.31. The molecule has 2 nitrogen and oxygen atoms in total. The van der Waals surface area contributed by atoms with Crippen molar-refractivity contribution in [3.8, 4) is 0 Å². The molecule has 11 heavy (non-hydrogen) atoms. The van der Waals surface area contributed by atoms with E-state index in [4.69, 9.17) is 0 Å². The smallest absolute Gasteiger partial charge is 0.0428 e. The molecule has 0 atom stereocenters. The van der Waals surface area contributed by atoms with Crippen LogP contribution in [0.5, 0.6) is 0 Å². The van der Waals surface area contributed by atoms with Gasteiger partial charge < -0.3 is 4.98 Å². The topological polar surface area (TPSA) is 28.1 Å². The fourth-order valence-corrected chi connectivity index (χ4v) is 0.915. The van der Waals surface area contributed by atoms with E-state index in [9.17, 15) is 0 Å². The van der Waals surface area contributed by atoms with Crippen molar-refractivity contribution in [1.29, 1.82) is 0 Å². The third kappa shape index (κ3) is 1.58. The first-order valence-corrected chi connectivity index (χ1v) is 3.52. The molecule has 0 bridgehead atoms. The van der Waals surface area contributed by atoms with Crippen LogP contribution in [0.1, 0.15) is 16.8 Å². The highest BCUT2D eigenvalue weighted by Crippen LogP contribution is 2.12. The molecule has 0 aliphatic heterocycles. The lowest BCUT2D eigenvalue weighted by Gasteiger charge is -1.89. The second-order valence-corrected chi connectivity index (χ2v) is 2.51. The maximum atomic E-state index is 3.63. The third-order valence-corrected chi connectivity index (χ3v) is 1.79. The van der Waals surface area contributed by atoms with E-state index in [1.54, 1.807) is 6.20 Å². The Labute approximate surface area is 66.7 Å². The van der Waals surface area contributed by atoms with E-state index < -0.39 is 0 Å². The van der Waals surface area contributed by atoms with Crippen molar-refractivity contribution in [2.75, 3.05) is 0 Å². The summed E-state index contributed by atoms with van der Waals surface area (Å²) in [5.74, 6) is 0. The van der Waals surface area contributed by atoms with Gasteiger partial charge in [0.1, 0.15) is 0 Å². The summed E-state index contributed by atoms with van der Waals surface area (Å²) in [5, 5.41) is 0. The van der Waals surface area contributed by atoms with Crippen LogP contribution in [0.4, 0.5) is 0 Å². The van der Waals surface area contributed by atoms with Gasteiger partial charge in [0, 0.05) is 18.1 Å². The van der Waals surface area contributed by atoms with Gasteiger partial charge in [-0.25, -0.2) is 0 Å². The first-order chi connectivity index (χ1) is 5.25. The lowest BCUT2D eigenvalue weighted by Crippen LogP contribution is -1.75. The number of hydrogen-bond donors (Lipinski definition) is 1. The van der Waals surface area contributed by atoms with E-state index >= 15 is 0 Å². The maximum absolute atomic E-state index is 3.63. The summed E-state index contributed by atoms with van der Waals surface area (Å²) >= 11 is 0. The third-order valence-electron chi connectivity index (χ3n) is 1.79. The Morgan fingerprint density at radius 2 is 2.27 bits per heavy atom. The summed E-state index contributed by atoms with van der Waals surface area (Å²) in [7, 11) is 0.